The second-order valence-electron chi connectivity index (χ2n) is 16.0. The largest absolute Gasteiger partial charge is 0.456 e. The van der Waals surface area contributed by atoms with Crippen LogP contribution >= 0.6 is 0 Å². The van der Waals surface area contributed by atoms with Gasteiger partial charge in [-0.1, -0.05) is 115 Å². The molecule has 0 N–H and O–H groups in total. The molecule has 0 bridgehead atoms. The number of anilines is 1. The zero-order valence-electron chi connectivity index (χ0n) is 31.5. The van der Waals surface area contributed by atoms with E-state index in [0.29, 0.717) is 12.0 Å². The lowest BCUT2D eigenvalue weighted by atomic mass is 9.90. The van der Waals surface area contributed by atoms with Gasteiger partial charge in [-0.15, -0.1) is 0 Å². The number of rotatable bonds is 4. The van der Waals surface area contributed by atoms with Gasteiger partial charge in [-0.05, 0) is 101 Å². The summed E-state index contributed by atoms with van der Waals surface area (Å²) in [6, 6.07) is 55.5. The van der Waals surface area contributed by atoms with Crippen molar-refractivity contribution in [3.8, 4) is 27.9 Å². The van der Waals surface area contributed by atoms with E-state index in [-0.39, 0.29) is 6.04 Å². The SMILES string of the molecule is C1=CC2c3ccccc3N(C3C=Cc4oc5ccc(-c6cccc(-c7ccc8oc9ccc(-n%10c%11ccccc%11c%11ccccc%11%10)cc9c8c7)c6)cc5c4C3)C2C=C1. The van der Waals surface area contributed by atoms with Crippen molar-refractivity contribution in [2.75, 3.05) is 4.90 Å². The molecular weight excluding hydrogens is 709 g/mol. The van der Waals surface area contributed by atoms with E-state index in [4.69, 9.17) is 8.83 Å². The summed E-state index contributed by atoms with van der Waals surface area (Å²) in [7, 11) is 0. The van der Waals surface area contributed by atoms with E-state index in [9.17, 15) is 0 Å². The molecule has 0 spiro atoms. The quantitative estimate of drug-likeness (QED) is 0.180. The van der Waals surface area contributed by atoms with Gasteiger partial charge in [0.15, 0.2) is 0 Å². The smallest absolute Gasteiger partial charge is 0.135 e. The second-order valence-corrected chi connectivity index (χ2v) is 16.0. The first-order valence-electron chi connectivity index (χ1n) is 20.3. The van der Waals surface area contributed by atoms with Gasteiger partial charge in [-0.2, -0.15) is 0 Å². The lowest BCUT2D eigenvalue weighted by molar-refractivity contribution is 0.573. The van der Waals surface area contributed by atoms with Crippen molar-refractivity contribution in [3.63, 3.8) is 0 Å². The molecule has 2 aliphatic carbocycles. The van der Waals surface area contributed by atoms with Crippen LogP contribution in [0.3, 0.4) is 0 Å². The lowest BCUT2D eigenvalue weighted by Gasteiger charge is -2.35. The van der Waals surface area contributed by atoms with Crippen molar-refractivity contribution < 1.29 is 8.83 Å². The summed E-state index contributed by atoms with van der Waals surface area (Å²) in [5.41, 5.74) is 15.0. The summed E-state index contributed by atoms with van der Waals surface area (Å²) in [5, 5.41) is 5.93. The number of hydrogen-bond acceptors (Lipinski definition) is 3. The summed E-state index contributed by atoms with van der Waals surface area (Å²) in [6.45, 7) is 0. The maximum Gasteiger partial charge on any atom is 0.135 e. The maximum absolute atomic E-state index is 6.46. The number of benzene rings is 7. The molecule has 0 radical (unpaired) electrons. The Hall–Kier alpha value is -7.30. The molecule has 4 heteroatoms. The van der Waals surface area contributed by atoms with Gasteiger partial charge in [-0.25, -0.2) is 0 Å². The molecule has 7 aromatic carbocycles. The van der Waals surface area contributed by atoms with Crippen LogP contribution in [0.4, 0.5) is 5.69 Å². The molecule has 0 fully saturated rings. The van der Waals surface area contributed by atoms with E-state index in [1.807, 2.05) is 0 Å². The highest BCUT2D eigenvalue weighted by Crippen LogP contribution is 2.47. The Morgan fingerprint density at radius 1 is 0.483 bits per heavy atom. The Bertz CT molecular complexity index is 3370. The van der Waals surface area contributed by atoms with Crippen molar-refractivity contribution >= 4 is 66.5 Å². The Morgan fingerprint density at radius 3 is 1.91 bits per heavy atom. The van der Waals surface area contributed by atoms with Crippen LogP contribution in [0.5, 0.6) is 0 Å². The van der Waals surface area contributed by atoms with Gasteiger partial charge in [0.05, 0.1) is 23.1 Å². The van der Waals surface area contributed by atoms with Gasteiger partial charge in [0, 0.05) is 56.2 Å². The number of fused-ring (bicyclic) bond motifs is 12. The number of nitrogens with zero attached hydrogens (tertiary/aromatic N) is 2. The number of allylic oxidation sites excluding steroid dienone is 2. The van der Waals surface area contributed by atoms with E-state index in [1.165, 1.54) is 60.7 Å². The fraction of sp³-hybridized carbons (Fsp3) is 0.0741. The Balaban J connectivity index is 0.859. The second kappa shape index (κ2) is 12.1. The summed E-state index contributed by atoms with van der Waals surface area (Å²) in [5.74, 6) is 1.36. The van der Waals surface area contributed by atoms with Crippen molar-refractivity contribution in [1.29, 1.82) is 0 Å². The van der Waals surface area contributed by atoms with Crippen LogP contribution in [0.25, 0.3) is 88.7 Å². The average molecular weight is 745 g/mol. The molecule has 3 aromatic heterocycles. The minimum Gasteiger partial charge on any atom is -0.456 e. The first-order valence-corrected chi connectivity index (χ1v) is 20.3. The topological polar surface area (TPSA) is 34.5 Å². The zero-order chi connectivity index (χ0) is 37.9. The van der Waals surface area contributed by atoms with Crippen molar-refractivity contribution in [2.45, 2.75) is 24.4 Å². The van der Waals surface area contributed by atoms with Gasteiger partial charge in [0.25, 0.3) is 0 Å². The van der Waals surface area contributed by atoms with E-state index >= 15 is 0 Å². The molecule has 13 rings (SSSR count). The molecule has 3 unspecified atom stereocenters. The van der Waals surface area contributed by atoms with Crippen molar-refractivity contribution in [1.82, 2.24) is 4.57 Å². The minimum absolute atomic E-state index is 0.236. The normalized spacial score (nSPS) is 18.2. The molecule has 274 valence electrons. The predicted molar refractivity (Wildman–Crippen MR) is 239 cm³/mol. The van der Waals surface area contributed by atoms with E-state index < -0.39 is 0 Å². The molecule has 3 atom stereocenters. The van der Waals surface area contributed by atoms with Crippen LogP contribution in [0.2, 0.25) is 0 Å². The van der Waals surface area contributed by atoms with Crippen LogP contribution < -0.4 is 4.90 Å². The van der Waals surface area contributed by atoms with Crippen molar-refractivity contribution in [2.24, 2.45) is 0 Å². The third kappa shape index (κ3) is 4.63. The molecule has 0 saturated carbocycles. The van der Waals surface area contributed by atoms with Gasteiger partial charge in [0.1, 0.15) is 22.5 Å². The Morgan fingerprint density at radius 2 is 1.12 bits per heavy atom. The Kier molecular flexibility index (Phi) is 6.65. The van der Waals surface area contributed by atoms with Gasteiger partial charge < -0.3 is 18.3 Å². The standard InChI is InChI=1S/C54H36N2O2/c1-5-16-47-39(12-1)40-13-2-6-17-48(40)55(47)37-22-26-53-45(31-37)43-29-35(20-24-51(43)57-53)33-10-9-11-34(28-33)36-21-25-52-44(30-36)46-32-38(23-27-54(46)58-52)56-49-18-7-3-14-41(49)42-15-4-8-19-50(42)56/h1-31,38,41,49H,32H2. The molecule has 58 heavy (non-hydrogen) atoms. The maximum atomic E-state index is 6.46. The third-order valence-electron chi connectivity index (χ3n) is 12.9. The number of hydrogen-bond donors (Lipinski definition) is 0. The minimum atomic E-state index is 0.236. The third-order valence-corrected chi connectivity index (χ3v) is 12.9. The van der Waals surface area contributed by atoms with Gasteiger partial charge in [-0.3, -0.25) is 0 Å². The first kappa shape index (κ1) is 31.9. The van der Waals surface area contributed by atoms with Gasteiger partial charge >= 0.3 is 0 Å². The molecule has 0 amide bonds. The molecule has 4 nitrogen and oxygen atoms in total. The molecule has 1 aliphatic heterocycles. The highest BCUT2D eigenvalue weighted by atomic mass is 16.3. The summed E-state index contributed by atoms with van der Waals surface area (Å²) < 4.78 is 15.2. The lowest BCUT2D eigenvalue weighted by Crippen LogP contribution is -2.42. The summed E-state index contributed by atoms with van der Waals surface area (Å²) >= 11 is 0. The average Bonchev–Trinajstić information content (AvgIpc) is 4.03. The number of furan rings is 2. The van der Waals surface area contributed by atoms with Crippen LogP contribution in [0.15, 0.2) is 191 Å². The highest BCUT2D eigenvalue weighted by molar-refractivity contribution is 6.11. The Labute approximate surface area is 334 Å². The summed E-state index contributed by atoms with van der Waals surface area (Å²) in [6.07, 6.45) is 14.5. The monoisotopic (exact) mass is 744 g/mol. The zero-order valence-corrected chi connectivity index (χ0v) is 31.5. The molecule has 10 aromatic rings. The highest BCUT2D eigenvalue weighted by Gasteiger charge is 2.40. The predicted octanol–water partition coefficient (Wildman–Crippen LogP) is 13.8. The molecule has 3 aliphatic rings. The van der Waals surface area contributed by atoms with Crippen LogP contribution in [0.1, 0.15) is 22.8 Å². The molecular formula is C54H36N2O2. The first-order chi connectivity index (χ1) is 28.7. The fourth-order valence-corrected chi connectivity index (χ4v) is 10.2. The summed E-state index contributed by atoms with van der Waals surface area (Å²) in [4.78, 5) is 2.62. The number of para-hydroxylation sites is 3. The van der Waals surface area contributed by atoms with E-state index in [2.05, 4.69) is 198 Å². The fourth-order valence-electron chi connectivity index (χ4n) is 10.2. The van der Waals surface area contributed by atoms with Crippen LogP contribution in [0, 0.1) is 0 Å². The van der Waals surface area contributed by atoms with E-state index in [1.54, 1.807) is 0 Å². The molecule has 0 saturated heterocycles. The van der Waals surface area contributed by atoms with Crippen LogP contribution in [-0.2, 0) is 6.42 Å². The van der Waals surface area contributed by atoms with Crippen molar-refractivity contribution in [3.05, 3.63) is 199 Å². The van der Waals surface area contributed by atoms with Crippen LogP contribution in [-0.4, -0.2) is 16.7 Å². The van der Waals surface area contributed by atoms with E-state index in [0.717, 1.165) is 51.0 Å². The van der Waals surface area contributed by atoms with Gasteiger partial charge in [0.2, 0.25) is 0 Å². The number of aromatic nitrogens is 1. The molecule has 4 heterocycles.